The molecule has 0 saturated carbocycles. The number of carboxylic acid groups (broad SMARTS) is 1. The van der Waals surface area contributed by atoms with Gasteiger partial charge in [0.05, 0.1) is 11.4 Å². The topological polar surface area (TPSA) is 84.9 Å². The number of alkyl halides is 3. The monoisotopic (exact) mass is 465 g/mol. The summed E-state index contributed by atoms with van der Waals surface area (Å²) in [5, 5.41) is 11.7. The van der Waals surface area contributed by atoms with Crippen LogP contribution < -0.4 is 14.8 Å². The van der Waals surface area contributed by atoms with Crippen molar-refractivity contribution in [1.29, 1.82) is 0 Å². The highest BCUT2D eigenvalue weighted by molar-refractivity contribution is 6.32. The van der Waals surface area contributed by atoms with E-state index in [2.05, 4.69) is 10.1 Å². The zero-order chi connectivity index (χ0) is 23.3. The number of amides is 1. The third-order valence-corrected chi connectivity index (χ3v) is 4.34. The van der Waals surface area contributed by atoms with Crippen LogP contribution in [0.25, 0.3) is 0 Å². The van der Waals surface area contributed by atoms with E-state index in [9.17, 15) is 22.8 Å². The molecule has 0 unspecified atom stereocenters. The Labute approximate surface area is 185 Å². The second kappa shape index (κ2) is 9.61. The fraction of sp³-hybridized carbons (Fsp3) is 0.0909. The Morgan fingerprint density at radius 3 is 2.12 bits per heavy atom. The van der Waals surface area contributed by atoms with Gasteiger partial charge in [-0.1, -0.05) is 17.7 Å². The lowest BCUT2D eigenvalue weighted by Crippen LogP contribution is -2.17. The molecule has 32 heavy (non-hydrogen) atoms. The summed E-state index contributed by atoms with van der Waals surface area (Å²) in [6, 6.07) is 15.5. The number of halogens is 4. The molecule has 6 nitrogen and oxygen atoms in total. The van der Waals surface area contributed by atoms with Crippen LogP contribution in [0, 0.1) is 0 Å². The normalized spacial score (nSPS) is 11.0. The maximum Gasteiger partial charge on any atom is 0.573 e. The highest BCUT2D eigenvalue weighted by Gasteiger charge is 2.31. The van der Waals surface area contributed by atoms with Crippen LogP contribution in [0.5, 0.6) is 17.2 Å². The van der Waals surface area contributed by atoms with Gasteiger partial charge in [-0.15, -0.1) is 13.2 Å². The number of nitrogens with one attached hydrogen (secondary N) is 1. The number of carbonyl (C=O) groups is 2. The van der Waals surface area contributed by atoms with Gasteiger partial charge in [-0.3, -0.25) is 9.59 Å². The molecule has 3 rings (SSSR count). The molecule has 10 heteroatoms. The maximum atomic E-state index is 12.3. The summed E-state index contributed by atoms with van der Waals surface area (Å²) >= 11 is 6.13. The summed E-state index contributed by atoms with van der Waals surface area (Å²) in [5.74, 6) is -1.17. The molecule has 1 amide bonds. The van der Waals surface area contributed by atoms with Gasteiger partial charge >= 0.3 is 12.3 Å². The Bertz CT molecular complexity index is 1120. The van der Waals surface area contributed by atoms with Crippen molar-refractivity contribution in [2.75, 3.05) is 5.32 Å². The van der Waals surface area contributed by atoms with Crippen LogP contribution in [0.3, 0.4) is 0 Å². The molecule has 0 spiro atoms. The van der Waals surface area contributed by atoms with Crippen LogP contribution in [0.2, 0.25) is 5.02 Å². The zero-order valence-electron chi connectivity index (χ0n) is 16.2. The van der Waals surface area contributed by atoms with Gasteiger partial charge in [0.2, 0.25) is 0 Å². The number of anilines is 1. The van der Waals surface area contributed by atoms with Crippen molar-refractivity contribution in [3.05, 3.63) is 82.9 Å². The Morgan fingerprint density at radius 2 is 1.56 bits per heavy atom. The summed E-state index contributed by atoms with van der Waals surface area (Å²) in [7, 11) is 0. The number of hydrogen-bond acceptors (Lipinski definition) is 4. The smallest absolute Gasteiger partial charge is 0.481 e. The van der Waals surface area contributed by atoms with Crippen molar-refractivity contribution in [2.45, 2.75) is 12.8 Å². The van der Waals surface area contributed by atoms with Crippen molar-refractivity contribution in [2.24, 2.45) is 0 Å². The van der Waals surface area contributed by atoms with E-state index >= 15 is 0 Å². The molecular formula is C22H15ClF3NO5. The number of carboxylic acids is 1. The Morgan fingerprint density at radius 1 is 0.938 bits per heavy atom. The molecule has 0 aromatic heterocycles. The predicted octanol–water partition coefficient (Wildman–Crippen LogP) is 5.91. The minimum Gasteiger partial charge on any atom is -0.481 e. The van der Waals surface area contributed by atoms with E-state index in [0.717, 1.165) is 12.1 Å². The molecule has 3 aromatic rings. The summed E-state index contributed by atoms with van der Waals surface area (Å²) < 4.78 is 46.0. The molecule has 0 fully saturated rings. The lowest BCUT2D eigenvalue weighted by molar-refractivity contribution is -0.274. The van der Waals surface area contributed by atoms with Crippen molar-refractivity contribution in [1.82, 2.24) is 0 Å². The lowest BCUT2D eigenvalue weighted by atomic mass is 10.1. The first kappa shape index (κ1) is 23.0. The summed E-state index contributed by atoms with van der Waals surface area (Å²) in [6.45, 7) is 0. The van der Waals surface area contributed by atoms with Crippen LogP contribution >= 0.6 is 11.6 Å². The molecule has 0 aliphatic heterocycles. The second-order valence-corrected chi connectivity index (χ2v) is 6.90. The Kier molecular flexibility index (Phi) is 6.89. The van der Waals surface area contributed by atoms with Gasteiger partial charge < -0.3 is 19.9 Å². The highest BCUT2D eigenvalue weighted by atomic mass is 35.5. The number of ether oxygens (including phenoxy) is 2. The third kappa shape index (κ3) is 6.64. The molecule has 0 atom stereocenters. The Hall–Kier alpha value is -3.72. The van der Waals surface area contributed by atoms with E-state index in [1.165, 1.54) is 18.2 Å². The van der Waals surface area contributed by atoms with E-state index in [1.54, 1.807) is 36.4 Å². The minimum atomic E-state index is -4.81. The van der Waals surface area contributed by atoms with E-state index < -0.39 is 24.0 Å². The van der Waals surface area contributed by atoms with Gasteiger partial charge in [-0.2, -0.15) is 0 Å². The fourth-order valence-electron chi connectivity index (χ4n) is 2.66. The summed E-state index contributed by atoms with van der Waals surface area (Å²) in [6.07, 6.45) is -4.97. The minimum absolute atomic E-state index is 0.146. The van der Waals surface area contributed by atoms with Gasteiger partial charge in [-0.25, -0.2) is 0 Å². The van der Waals surface area contributed by atoms with Crippen molar-refractivity contribution in [3.63, 3.8) is 0 Å². The van der Waals surface area contributed by atoms with E-state index in [-0.39, 0.29) is 17.0 Å². The molecule has 0 saturated heterocycles. The average molecular weight is 466 g/mol. The molecule has 0 bridgehead atoms. The van der Waals surface area contributed by atoms with Gasteiger partial charge in [-0.05, 0) is 66.2 Å². The van der Waals surface area contributed by atoms with Crippen molar-refractivity contribution < 1.29 is 37.3 Å². The van der Waals surface area contributed by atoms with Gasteiger partial charge in [0.25, 0.3) is 5.91 Å². The first-order valence-corrected chi connectivity index (χ1v) is 9.42. The SMILES string of the molecule is O=C(O)Cc1ccc(Oc2ccc(NC(=O)c3ccc(OC(F)(F)F)cc3)cc2)c(Cl)c1. The third-order valence-electron chi connectivity index (χ3n) is 4.04. The standard InChI is InChI=1S/C22H15ClF3NO5/c23-18-11-13(12-20(28)29)1-10-19(18)31-16-8-4-15(5-9-16)27-21(30)14-2-6-17(7-3-14)32-22(24,25)26/h1-11H,12H2,(H,27,30)(H,28,29). The Balaban J connectivity index is 1.61. The molecule has 166 valence electrons. The lowest BCUT2D eigenvalue weighted by Gasteiger charge is -2.11. The molecule has 2 N–H and O–H groups in total. The average Bonchev–Trinajstić information content (AvgIpc) is 2.70. The molecule has 0 radical (unpaired) electrons. The summed E-state index contributed by atoms with van der Waals surface area (Å²) in [4.78, 5) is 23.0. The number of hydrogen-bond donors (Lipinski definition) is 2. The quantitative estimate of drug-likeness (QED) is 0.453. The van der Waals surface area contributed by atoms with Gasteiger partial charge in [0.15, 0.2) is 0 Å². The second-order valence-electron chi connectivity index (χ2n) is 6.49. The first-order valence-electron chi connectivity index (χ1n) is 9.04. The van der Waals surface area contributed by atoms with E-state index in [1.807, 2.05) is 0 Å². The van der Waals surface area contributed by atoms with E-state index in [4.69, 9.17) is 21.4 Å². The molecule has 0 aliphatic carbocycles. The van der Waals surface area contributed by atoms with Crippen molar-refractivity contribution in [3.8, 4) is 17.2 Å². The summed E-state index contributed by atoms with van der Waals surface area (Å²) in [5.41, 5.74) is 1.11. The number of carbonyl (C=O) groups excluding carboxylic acids is 1. The molecule has 0 heterocycles. The van der Waals surface area contributed by atoms with Crippen LogP contribution in [0.15, 0.2) is 66.7 Å². The van der Waals surface area contributed by atoms with E-state index in [0.29, 0.717) is 22.7 Å². The predicted molar refractivity (Wildman–Crippen MR) is 110 cm³/mol. The fourth-order valence-corrected chi connectivity index (χ4v) is 2.90. The van der Waals surface area contributed by atoms with Crippen LogP contribution in [0.1, 0.15) is 15.9 Å². The van der Waals surface area contributed by atoms with Crippen LogP contribution in [-0.2, 0) is 11.2 Å². The molecule has 0 aliphatic rings. The van der Waals surface area contributed by atoms with Crippen LogP contribution in [0.4, 0.5) is 18.9 Å². The van der Waals surface area contributed by atoms with Crippen LogP contribution in [-0.4, -0.2) is 23.3 Å². The number of benzene rings is 3. The zero-order valence-corrected chi connectivity index (χ0v) is 16.9. The largest absolute Gasteiger partial charge is 0.573 e. The van der Waals surface area contributed by atoms with Crippen molar-refractivity contribution >= 4 is 29.2 Å². The molecule has 3 aromatic carbocycles. The number of rotatable bonds is 7. The highest BCUT2D eigenvalue weighted by Crippen LogP contribution is 2.31. The number of aliphatic carboxylic acids is 1. The van der Waals surface area contributed by atoms with Gasteiger partial charge in [0, 0.05) is 11.3 Å². The maximum absolute atomic E-state index is 12.3. The molecular weight excluding hydrogens is 451 g/mol. The first-order chi connectivity index (χ1) is 15.1. The van der Waals surface area contributed by atoms with Gasteiger partial charge in [0.1, 0.15) is 17.2 Å².